The van der Waals surface area contributed by atoms with Gasteiger partial charge in [0.25, 0.3) is 5.91 Å². The zero-order valence-corrected chi connectivity index (χ0v) is 16.3. The van der Waals surface area contributed by atoms with E-state index in [1.54, 1.807) is 36.4 Å². The number of fused-ring (bicyclic) bond motifs is 1. The molecule has 0 atom stereocenters. The molecule has 0 bridgehead atoms. The number of hydrogen-bond acceptors (Lipinski definition) is 7. The maximum Gasteiger partial charge on any atom is 0.339 e. The lowest BCUT2D eigenvalue weighted by molar-refractivity contribution is -0.387. The van der Waals surface area contributed by atoms with Gasteiger partial charge in [0.15, 0.2) is 12.4 Å². The Morgan fingerprint density at radius 1 is 1.12 bits per heavy atom. The number of esters is 1. The first-order valence-electron chi connectivity index (χ1n) is 9.27. The van der Waals surface area contributed by atoms with Crippen LogP contribution >= 0.6 is 0 Å². The number of benzene rings is 2. The third-order valence-corrected chi connectivity index (χ3v) is 4.47. The molecule has 0 spiro atoms. The highest BCUT2D eigenvalue weighted by molar-refractivity contribution is 6.05. The Morgan fingerprint density at radius 2 is 1.94 bits per heavy atom. The van der Waals surface area contributed by atoms with Gasteiger partial charge < -0.3 is 14.5 Å². The van der Waals surface area contributed by atoms with Crippen LogP contribution in [0.15, 0.2) is 71.3 Å². The smallest absolute Gasteiger partial charge is 0.339 e. The van der Waals surface area contributed by atoms with E-state index in [1.165, 1.54) is 12.3 Å². The maximum atomic E-state index is 13.4. The number of furan rings is 1. The van der Waals surface area contributed by atoms with Crippen LogP contribution in [0.25, 0.3) is 22.4 Å². The number of para-hydroxylation sites is 1. The van der Waals surface area contributed by atoms with Crippen LogP contribution in [-0.2, 0) is 9.53 Å². The topological polar surface area (TPSA) is 125 Å². The number of nitro benzene ring substituents is 1. The van der Waals surface area contributed by atoms with Crippen LogP contribution in [0.2, 0.25) is 0 Å². The summed E-state index contributed by atoms with van der Waals surface area (Å²) in [5.41, 5.74) is 0.356. The molecular formula is C22H14FN3O6. The molecule has 0 aliphatic rings. The summed E-state index contributed by atoms with van der Waals surface area (Å²) in [5, 5.41) is 13.7. The Balaban J connectivity index is 1.51. The molecule has 0 radical (unpaired) electrons. The number of nitrogens with zero attached hydrogens (tertiary/aromatic N) is 2. The van der Waals surface area contributed by atoms with Crippen molar-refractivity contribution in [2.45, 2.75) is 0 Å². The molecule has 0 fully saturated rings. The summed E-state index contributed by atoms with van der Waals surface area (Å²) in [4.78, 5) is 39.3. The summed E-state index contributed by atoms with van der Waals surface area (Å²) in [5.74, 6) is -2.09. The Bertz CT molecular complexity index is 1340. The SMILES string of the molecule is O=C(COC(=O)c1cc(-c2ccco2)nc2ccccc12)Nc1ccc(F)c([N+](=O)[O-])c1. The molecule has 10 heteroatoms. The Labute approximate surface area is 179 Å². The first-order valence-corrected chi connectivity index (χ1v) is 9.27. The second-order valence-corrected chi connectivity index (χ2v) is 6.60. The monoisotopic (exact) mass is 435 g/mol. The number of carbonyl (C=O) groups excluding carboxylic acids is 2. The summed E-state index contributed by atoms with van der Waals surface area (Å²) in [6.07, 6.45) is 1.48. The van der Waals surface area contributed by atoms with Crippen LogP contribution in [0.1, 0.15) is 10.4 Å². The van der Waals surface area contributed by atoms with E-state index in [-0.39, 0.29) is 11.3 Å². The molecule has 2 aromatic carbocycles. The molecule has 4 rings (SSSR count). The van der Waals surface area contributed by atoms with E-state index < -0.39 is 34.9 Å². The van der Waals surface area contributed by atoms with Crippen LogP contribution in [0, 0.1) is 15.9 Å². The van der Waals surface area contributed by atoms with E-state index in [9.17, 15) is 24.1 Å². The minimum atomic E-state index is -1.03. The first kappa shape index (κ1) is 20.7. The summed E-state index contributed by atoms with van der Waals surface area (Å²) in [6.45, 7) is -0.656. The third-order valence-electron chi connectivity index (χ3n) is 4.47. The first-order chi connectivity index (χ1) is 15.4. The van der Waals surface area contributed by atoms with E-state index in [0.29, 0.717) is 22.4 Å². The molecule has 0 aliphatic heterocycles. The molecule has 32 heavy (non-hydrogen) atoms. The van der Waals surface area contributed by atoms with E-state index in [4.69, 9.17) is 9.15 Å². The van der Waals surface area contributed by atoms with Crippen molar-refractivity contribution in [3.8, 4) is 11.5 Å². The number of pyridine rings is 1. The second-order valence-electron chi connectivity index (χ2n) is 6.60. The summed E-state index contributed by atoms with van der Waals surface area (Å²) < 4.78 is 23.9. The molecule has 0 aliphatic carbocycles. The van der Waals surface area contributed by atoms with Gasteiger partial charge in [-0.1, -0.05) is 18.2 Å². The molecule has 0 unspecified atom stereocenters. The van der Waals surface area contributed by atoms with E-state index in [1.807, 2.05) is 0 Å². The largest absolute Gasteiger partial charge is 0.463 e. The van der Waals surface area contributed by atoms with Gasteiger partial charge in [-0.2, -0.15) is 4.39 Å². The minimum Gasteiger partial charge on any atom is -0.463 e. The number of aromatic nitrogens is 1. The number of anilines is 1. The fourth-order valence-corrected chi connectivity index (χ4v) is 3.03. The number of nitrogens with one attached hydrogen (secondary N) is 1. The van der Waals surface area contributed by atoms with E-state index in [2.05, 4.69) is 10.3 Å². The van der Waals surface area contributed by atoms with Gasteiger partial charge in [0, 0.05) is 17.1 Å². The van der Waals surface area contributed by atoms with Crippen LogP contribution in [0.5, 0.6) is 0 Å². The van der Waals surface area contributed by atoms with Crippen LogP contribution < -0.4 is 5.32 Å². The highest BCUT2D eigenvalue weighted by atomic mass is 19.1. The predicted molar refractivity (Wildman–Crippen MR) is 111 cm³/mol. The van der Waals surface area contributed by atoms with Gasteiger partial charge in [-0.3, -0.25) is 14.9 Å². The normalized spacial score (nSPS) is 10.7. The van der Waals surface area contributed by atoms with Crippen LogP contribution in [0.3, 0.4) is 0 Å². The molecule has 2 aromatic heterocycles. The molecule has 0 saturated heterocycles. The molecule has 1 amide bonds. The number of nitro groups is 1. The summed E-state index contributed by atoms with van der Waals surface area (Å²) in [6, 6.07) is 14.7. The van der Waals surface area contributed by atoms with Gasteiger partial charge in [-0.25, -0.2) is 9.78 Å². The molecule has 160 valence electrons. The zero-order chi connectivity index (χ0) is 22.7. The Morgan fingerprint density at radius 3 is 2.69 bits per heavy atom. The van der Waals surface area contributed by atoms with Gasteiger partial charge in [0.05, 0.1) is 22.3 Å². The van der Waals surface area contributed by atoms with Crippen molar-refractivity contribution in [1.29, 1.82) is 0 Å². The molecule has 4 aromatic rings. The number of carbonyl (C=O) groups is 2. The molecule has 0 saturated carbocycles. The fraction of sp³-hybridized carbons (Fsp3) is 0.0455. The number of ether oxygens (including phenoxy) is 1. The standard InChI is InChI=1S/C22H14FN3O6/c23-16-8-7-13(10-19(16)26(29)30)24-21(27)12-32-22(28)15-11-18(20-6-3-9-31-20)25-17-5-2-1-4-14(15)17/h1-11H,12H2,(H,24,27). The number of halogens is 1. The van der Waals surface area contributed by atoms with Crippen LogP contribution in [-0.4, -0.2) is 28.4 Å². The Kier molecular flexibility index (Phi) is 5.58. The fourth-order valence-electron chi connectivity index (χ4n) is 3.03. The molecule has 1 N–H and O–H groups in total. The molecule has 9 nitrogen and oxygen atoms in total. The average molecular weight is 435 g/mol. The lowest BCUT2D eigenvalue weighted by Crippen LogP contribution is -2.21. The van der Waals surface area contributed by atoms with Crippen molar-refractivity contribution in [3.63, 3.8) is 0 Å². The minimum absolute atomic E-state index is 0.00591. The second kappa shape index (κ2) is 8.64. The lowest BCUT2D eigenvalue weighted by atomic mass is 10.1. The third kappa shape index (κ3) is 4.29. The summed E-state index contributed by atoms with van der Waals surface area (Å²) in [7, 11) is 0. The summed E-state index contributed by atoms with van der Waals surface area (Å²) >= 11 is 0. The van der Waals surface area contributed by atoms with E-state index >= 15 is 0 Å². The van der Waals surface area contributed by atoms with Crippen molar-refractivity contribution in [2.24, 2.45) is 0 Å². The molecule has 2 heterocycles. The predicted octanol–water partition coefficient (Wildman–Crippen LogP) is 4.34. The van der Waals surface area contributed by atoms with Gasteiger partial charge in [0.2, 0.25) is 5.82 Å². The van der Waals surface area contributed by atoms with Gasteiger partial charge >= 0.3 is 11.7 Å². The average Bonchev–Trinajstić information content (AvgIpc) is 3.33. The maximum absolute atomic E-state index is 13.4. The van der Waals surface area contributed by atoms with E-state index in [0.717, 1.165) is 18.2 Å². The lowest BCUT2D eigenvalue weighted by Gasteiger charge is -2.10. The molecular weight excluding hydrogens is 421 g/mol. The highest BCUT2D eigenvalue weighted by Crippen LogP contribution is 2.26. The highest BCUT2D eigenvalue weighted by Gasteiger charge is 2.19. The Hall–Kier alpha value is -4.60. The van der Waals surface area contributed by atoms with Crippen molar-refractivity contribution >= 4 is 34.2 Å². The van der Waals surface area contributed by atoms with Gasteiger partial charge in [-0.05, 0) is 36.4 Å². The number of amides is 1. The number of hydrogen-bond donors (Lipinski definition) is 1. The number of rotatable bonds is 6. The quantitative estimate of drug-likeness (QED) is 0.271. The van der Waals surface area contributed by atoms with Crippen molar-refractivity contribution in [2.75, 3.05) is 11.9 Å². The van der Waals surface area contributed by atoms with Crippen molar-refractivity contribution < 1.29 is 28.1 Å². The van der Waals surface area contributed by atoms with Crippen LogP contribution in [0.4, 0.5) is 15.8 Å². The zero-order valence-electron chi connectivity index (χ0n) is 16.3. The van der Waals surface area contributed by atoms with Crippen molar-refractivity contribution in [3.05, 3.63) is 88.4 Å². The van der Waals surface area contributed by atoms with Gasteiger partial charge in [0.1, 0.15) is 5.69 Å². The van der Waals surface area contributed by atoms with Gasteiger partial charge in [-0.15, -0.1) is 0 Å². The van der Waals surface area contributed by atoms with Crippen molar-refractivity contribution in [1.82, 2.24) is 4.98 Å².